The Hall–Kier alpha value is -4.90. The Morgan fingerprint density at radius 3 is 2.18 bits per heavy atom. The van der Waals surface area contributed by atoms with E-state index in [1.165, 1.54) is 11.3 Å². The lowest BCUT2D eigenvalue weighted by molar-refractivity contribution is -0.117. The van der Waals surface area contributed by atoms with Crippen LogP contribution in [0.5, 0.6) is 5.75 Å². The highest BCUT2D eigenvalue weighted by atomic mass is 32.1. The molecule has 1 atom stereocenters. The molecule has 6 rings (SSSR count). The van der Waals surface area contributed by atoms with E-state index in [-0.39, 0.29) is 11.8 Å². The minimum Gasteiger partial charge on any atom is -0.497 e. The molecule has 1 N–H and O–H groups in total. The minimum absolute atomic E-state index is 0.0101. The van der Waals surface area contributed by atoms with Crippen LogP contribution < -0.4 is 19.9 Å². The van der Waals surface area contributed by atoms with E-state index in [0.717, 1.165) is 10.6 Å². The van der Waals surface area contributed by atoms with E-state index in [9.17, 15) is 19.2 Å². The van der Waals surface area contributed by atoms with Crippen molar-refractivity contribution in [3.8, 4) is 5.75 Å². The summed E-state index contributed by atoms with van der Waals surface area (Å²) in [5.74, 6) is -0.639. The van der Waals surface area contributed by atoms with Gasteiger partial charge in [0.15, 0.2) is 0 Å². The number of ether oxygens (including phenoxy) is 1. The number of carbonyl (C=O) groups excluding carboxylic acids is 4. The van der Waals surface area contributed by atoms with E-state index in [2.05, 4.69) is 15.5 Å². The van der Waals surface area contributed by atoms with Crippen molar-refractivity contribution < 1.29 is 23.9 Å². The molecule has 0 spiro atoms. The average Bonchev–Trinajstić information content (AvgIpc) is 3.65. The third kappa shape index (κ3) is 4.42. The predicted octanol–water partition coefficient (Wildman–Crippen LogP) is 4.12. The summed E-state index contributed by atoms with van der Waals surface area (Å²) in [5, 5.41) is 12.0. The van der Waals surface area contributed by atoms with Crippen molar-refractivity contribution in [2.45, 2.75) is 12.3 Å². The zero-order valence-electron chi connectivity index (χ0n) is 20.7. The Labute approximate surface area is 226 Å². The van der Waals surface area contributed by atoms with Gasteiger partial charge in [0.05, 0.1) is 23.9 Å². The predicted molar refractivity (Wildman–Crippen MR) is 145 cm³/mol. The van der Waals surface area contributed by atoms with E-state index >= 15 is 0 Å². The number of hydrogen-bond acceptors (Lipinski definition) is 8. The fourth-order valence-electron chi connectivity index (χ4n) is 4.69. The van der Waals surface area contributed by atoms with Crippen LogP contribution in [-0.2, 0) is 4.79 Å². The number of aromatic nitrogens is 2. The summed E-state index contributed by atoms with van der Waals surface area (Å²) in [5.41, 5.74) is 2.20. The quantitative estimate of drug-likeness (QED) is 0.366. The first-order valence-electron chi connectivity index (χ1n) is 12.1. The molecule has 1 aromatic heterocycles. The van der Waals surface area contributed by atoms with Crippen molar-refractivity contribution in [2.24, 2.45) is 0 Å². The molecule has 194 valence electrons. The van der Waals surface area contributed by atoms with Crippen LogP contribution in [0.4, 0.5) is 16.5 Å². The zero-order valence-corrected chi connectivity index (χ0v) is 21.5. The zero-order chi connectivity index (χ0) is 27.1. The number of amides is 4. The van der Waals surface area contributed by atoms with Gasteiger partial charge in [0.2, 0.25) is 11.0 Å². The van der Waals surface area contributed by atoms with Crippen LogP contribution in [0.3, 0.4) is 0 Å². The molecule has 4 aromatic rings. The molecule has 11 heteroatoms. The maximum atomic E-state index is 12.8. The van der Waals surface area contributed by atoms with Crippen molar-refractivity contribution in [2.75, 3.05) is 28.8 Å². The van der Waals surface area contributed by atoms with E-state index in [0.29, 0.717) is 51.2 Å². The maximum Gasteiger partial charge on any atom is 0.266 e. The highest BCUT2D eigenvalue weighted by Crippen LogP contribution is 2.35. The van der Waals surface area contributed by atoms with E-state index in [1.54, 1.807) is 72.7 Å². The van der Waals surface area contributed by atoms with Crippen LogP contribution in [-0.4, -0.2) is 47.5 Å². The molecule has 0 aliphatic carbocycles. The summed E-state index contributed by atoms with van der Waals surface area (Å²) in [4.78, 5) is 53.7. The van der Waals surface area contributed by atoms with Crippen molar-refractivity contribution in [1.82, 2.24) is 10.2 Å². The van der Waals surface area contributed by atoms with E-state index in [4.69, 9.17) is 4.74 Å². The van der Waals surface area contributed by atoms with Crippen molar-refractivity contribution >= 4 is 51.5 Å². The molecule has 39 heavy (non-hydrogen) atoms. The minimum atomic E-state index is -0.408. The Morgan fingerprint density at radius 1 is 0.897 bits per heavy atom. The Bertz CT molecular complexity index is 1580. The summed E-state index contributed by atoms with van der Waals surface area (Å²) < 4.78 is 5.18. The van der Waals surface area contributed by atoms with Crippen LogP contribution >= 0.6 is 11.3 Å². The molecule has 4 amide bonds. The first-order chi connectivity index (χ1) is 18.9. The number of carbonyl (C=O) groups is 4. The molecule has 0 radical (unpaired) electrons. The Balaban J connectivity index is 1.11. The molecule has 0 saturated carbocycles. The largest absolute Gasteiger partial charge is 0.497 e. The fraction of sp³-hybridized carbons (Fsp3) is 0.143. The van der Waals surface area contributed by atoms with Gasteiger partial charge >= 0.3 is 0 Å². The normalized spacial score (nSPS) is 16.5. The fourth-order valence-corrected chi connectivity index (χ4v) is 5.52. The number of hydrogen-bond donors (Lipinski definition) is 1. The molecule has 1 fully saturated rings. The average molecular weight is 540 g/mol. The van der Waals surface area contributed by atoms with Crippen LogP contribution in [0.25, 0.3) is 0 Å². The Kier molecular flexibility index (Phi) is 6.12. The van der Waals surface area contributed by atoms with Gasteiger partial charge in [0.25, 0.3) is 17.7 Å². The summed E-state index contributed by atoms with van der Waals surface area (Å²) in [7, 11) is 1.59. The standard InChI is InChI=1S/C28H21N5O5S/c1-38-20-12-10-18(11-13-20)32-15-17(14-23(32)34)25-30-31-28(39-25)29-24(35)16-6-8-19(9-7-16)33-26(36)21-4-2-3-5-22(21)27(33)37/h2-13,17H,14-15H2,1H3,(H,29,31,35). The molecular weight excluding hydrogens is 518 g/mol. The van der Waals surface area contributed by atoms with E-state index < -0.39 is 17.7 Å². The molecule has 3 heterocycles. The van der Waals surface area contributed by atoms with E-state index in [1.807, 2.05) is 12.1 Å². The van der Waals surface area contributed by atoms with Gasteiger partial charge in [-0.1, -0.05) is 23.5 Å². The number of rotatable bonds is 6. The maximum absolute atomic E-state index is 12.8. The second kappa shape index (κ2) is 9.76. The molecule has 3 aromatic carbocycles. The third-order valence-electron chi connectivity index (χ3n) is 6.70. The number of fused-ring (bicyclic) bond motifs is 1. The summed E-state index contributed by atoms with van der Waals surface area (Å²) in [6.07, 6.45) is 0.299. The third-order valence-corrected chi connectivity index (χ3v) is 7.70. The molecule has 1 unspecified atom stereocenters. The lowest BCUT2D eigenvalue weighted by Crippen LogP contribution is -2.29. The molecule has 1 saturated heterocycles. The second-order valence-electron chi connectivity index (χ2n) is 9.04. The summed E-state index contributed by atoms with van der Waals surface area (Å²) >= 11 is 1.22. The lowest BCUT2D eigenvalue weighted by Gasteiger charge is -2.16. The first-order valence-corrected chi connectivity index (χ1v) is 12.9. The SMILES string of the molecule is COc1ccc(N2CC(c3nnc(NC(=O)c4ccc(N5C(=O)c6ccccc6C5=O)cc4)s3)CC2=O)cc1. The highest BCUT2D eigenvalue weighted by Gasteiger charge is 2.36. The topological polar surface area (TPSA) is 122 Å². The molecular formula is C28H21N5O5S. The molecule has 10 nitrogen and oxygen atoms in total. The first kappa shape index (κ1) is 24.4. The number of methoxy groups -OCH3 is 1. The van der Waals surface area contributed by atoms with Crippen LogP contribution in [0.1, 0.15) is 48.4 Å². The second-order valence-corrected chi connectivity index (χ2v) is 10.1. The van der Waals surface area contributed by atoms with Gasteiger partial charge in [-0.15, -0.1) is 10.2 Å². The highest BCUT2D eigenvalue weighted by molar-refractivity contribution is 7.15. The van der Waals surface area contributed by atoms with Gasteiger partial charge in [-0.2, -0.15) is 0 Å². The van der Waals surface area contributed by atoms with Crippen LogP contribution in [0.15, 0.2) is 72.8 Å². The number of benzene rings is 3. The van der Waals surface area contributed by atoms with Gasteiger partial charge < -0.3 is 9.64 Å². The van der Waals surface area contributed by atoms with Crippen molar-refractivity contribution in [3.05, 3.63) is 94.5 Å². The van der Waals surface area contributed by atoms with Gasteiger partial charge in [-0.3, -0.25) is 24.5 Å². The smallest absolute Gasteiger partial charge is 0.266 e. The number of nitrogens with zero attached hydrogens (tertiary/aromatic N) is 4. The van der Waals surface area contributed by atoms with Crippen LogP contribution in [0, 0.1) is 0 Å². The summed E-state index contributed by atoms with van der Waals surface area (Å²) in [6.45, 7) is 0.465. The Morgan fingerprint density at radius 2 is 1.54 bits per heavy atom. The molecule has 2 aliphatic rings. The van der Waals surface area contributed by atoms with Gasteiger partial charge in [-0.05, 0) is 60.7 Å². The van der Waals surface area contributed by atoms with Crippen LogP contribution in [0.2, 0.25) is 0 Å². The van der Waals surface area contributed by atoms with Gasteiger partial charge in [0.1, 0.15) is 10.8 Å². The van der Waals surface area contributed by atoms with Crippen molar-refractivity contribution in [1.29, 1.82) is 0 Å². The lowest BCUT2D eigenvalue weighted by atomic mass is 10.1. The molecule has 0 bridgehead atoms. The monoisotopic (exact) mass is 539 g/mol. The molecule has 2 aliphatic heterocycles. The number of nitrogens with one attached hydrogen (secondary N) is 1. The number of imide groups is 1. The number of anilines is 3. The van der Waals surface area contributed by atoms with Gasteiger partial charge in [-0.25, -0.2) is 4.90 Å². The van der Waals surface area contributed by atoms with Gasteiger partial charge in [0, 0.05) is 30.1 Å². The van der Waals surface area contributed by atoms with Crippen molar-refractivity contribution in [3.63, 3.8) is 0 Å². The summed E-state index contributed by atoms with van der Waals surface area (Å²) in [6, 6.07) is 20.1.